The fraction of sp³-hybridized carbons (Fsp3) is 0.227. The third kappa shape index (κ3) is 3.55. The largest absolute Gasteiger partial charge is 0.488 e. The van der Waals surface area contributed by atoms with Crippen LogP contribution in [0.4, 0.5) is 0 Å². The Hall–Kier alpha value is -2.85. The van der Waals surface area contributed by atoms with Crippen LogP contribution in [0, 0.1) is 0 Å². The molecule has 1 aliphatic rings. The zero-order chi connectivity index (χ0) is 17.8. The maximum atomic E-state index is 12.6. The number of hydrogen-bond acceptors (Lipinski definition) is 3. The molecule has 1 fully saturated rings. The van der Waals surface area contributed by atoms with E-state index in [1.54, 1.807) is 0 Å². The smallest absolute Gasteiger partial charge is 0.254 e. The van der Waals surface area contributed by atoms with Gasteiger partial charge in [-0.1, -0.05) is 48.5 Å². The summed E-state index contributed by atoms with van der Waals surface area (Å²) < 4.78 is 11.4. The van der Waals surface area contributed by atoms with Crippen molar-refractivity contribution in [2.45, 2.75) is 6.61 Å². The van der Waals surface area contributed by atoms with Crippen LogP contribution in [0.3, 0.4) is 0 Å². The summed E-state index contributed by atoms with van der Waals surface area (Å²) in [5.41, 5.74) is 1.68. The van der Waals surface area contributed by atoms with Gasteiger partial charge < -0.3 is 14.4 Å². The number of rotatable bonds is 4. The number of fused-ring (bicyclic) bond motifs is 1. The summed E-state index contributed by atoms with van der Waals surface area (Å²) in [5.74, 6) is 0.910. The quantitative estimate of drug-likeness (QED) is 0.719. The lowest BCUT2D eigenvalue weighted by Crippen LogP contribution is -2.40. The Morgan fingerprint density at radius 1 is 0.962 bits per heavy atom. The summed E-state index contributed by atoms with van der Waals surface area (Å²) in [7, 11) is 0. The van der Waals surface area contributed by atoms with Crippen molar-refractivity contribution in [1.82, 2.24) is 4.90 Å². The van der Waals surface area contributed by atoms with Crippen molar-refractivity contribution >= 4 is 16.7 Å². The second-order valence-electron chi connectivity index (χ2n) is 6.37. The van der Waals surface area contributed by atoms with Gasteiger partial charge in [0.05, 0.1) is 13.2 Å². The molecule has 4 heteroatoms. The maximum Gasteiger partial charge on any atom is 0.254 e. The standard InChI is InChI=1S/C22H21NO3/c24-22(23-11-13-25-14-12-23)19-8-3-5-17(15-19)16-26-21-10-4-7-18-6-1-2-9-20(18)21/h1-10,15H,11-14,16H2. The first kappa shape index (κ1) is 16.6. The molecular formula is C22H21NO3. The first-order chi connectivity index (χ1) is 12.8. The summed E-state index contributed by atoms with van der Waals surface area (Å²) in [6.45, 7) is 2.94. The van der Waals surface area contributed by atoms with Crippen LogP contribution < -0.4 is 4.74 Å². The molecule has 4 nitrogen and oxygen atoms in total. The minimum atomic E-state index is 0.0558. The Morgan fingerprint density at radius 2 is 1.73 bits per heavy atom. The van der Waals surface area contributed by atoms with Crippen LogP contribution >= 0.6 is 0 Å². The van der Waals surface area contributed by atoms with Crippen LogP contribution in [0.2, 0.25) is 0 Å². The van der Waals surface area contributed by atoms with Crippen molar-refractivity contribution in [3.63, 3.8) is 0 Å². The van der Waals surface area contributed by atoms with Gasteiger partial charge in [-0.05, 0) is 29.1 Å². The van der Waals surface area contributed by atoms with Crippen molar-refractivity contribution in [3.05, 3.63) is 77.9 Å². The Bertz CT molecular complexity index is 911. The second-order valence-corrected chi connectivity index (χ2v) is 6.37. The summed E-state index contributed by atoms with van der Waals surface area (Å²) >= 11 is 0. The van der Waals surface area contributed by atoms with Gasteiger partial charge in [-0.2, -0.15) is 0 Å². The van der Waals surface area contributed by atoms with Crippen LogP contribution in [-0.4, -0.2) is 37.1 Å². The van der Waals surface area contributed by atoms with E-state index in [-0.39, 0.29) is 5.91 Å². The highest BCUT2D eigenvalue weighted by molar-refractivity contribution is 5.94. The summed E-state index contributed by atoms with van der Waals surface area (Å²) in [6.07, 6.45) is 0. The molecule has 0 aliphatic carbocycles. The molecule has 0 N–H and O–H groups in total. The number of ether oxygens (including phenoxy) is 2. The number of morpholine rings is 1. The zero-order valence-electron chi connectivity index (χ0n) is 14.6. The number of carbonyl (C=O) groups is 1. The third-order valence-corrected chi connectivity index (χ3v) is 4.62. The van der Waals surface area contributed by atoms with Gasteiger partial charge >= 0.3 is 0 Å². The zero-order valence-corrected chi connectivity index (χ0v) is 14.6. The highest BCUT2D eigenvalue weighted by Gasteiger charge is 2.18. The normalized spacial score (nSPS) is 14.4. The van der Waals surface area contributed by atoms with E-state index in [1.165, 1.54) is 0 Å². The van der Waals surface area contributed by atoms with Crippen molar-refractivity contribution in [1.29, 1.82) is 0 Å². The molecule has 4 rings (SSSR count). The van der Waals surface area contributed by atoms with E-state index in [2.05, 4.69) is 18.2 Å². The van der Waals surface area contributed by atoms with Crippen molar-refractivity contribution in [2.24, 2.45) is 0 Å². The van der Waals surface area contributed by atoms with Crippen LogP contribution in [0.25, 0.3) is 10.8 Å². The molecule has 0 bridgehead atoms. The van der Waals surface area contributed by atoms with E-state index >= 15 is 0 Å². The number of carbonyl (C=O) groups excluding carboxylic acids is 1. The van der Waals surface area contributed by atoms with Gasteiger partial charge in [0, 0.05) is 24.0 Å². The molecule has 0 radical (unpaired) electrons. The highest BCUT2D eigenvalue weighted by Crippen LogP contribution is 2.26. The van der Waals surface area contributed by atoms with E-state index < -0.39 is 0 Å². The fourth-order valence-corrected chi connectivity index (χ4v) is 3.23. The first-order valence-electron chi connectivity index (χ1n) is 8.88. The van der Waals surface area contributed by atoms with Gasteiger partial charge in [0.25, 0.3) is 5.91 Å². The molecule has 132 valence electrons. The molecule has 1 aliphatic heterocycles. The average Bonchev–Trinajstić information content (AvgIpc) is 2.72. The molecule has 3 aromatic rings. The average molecular weight is 347 g/mol. The minimum absolute atomic E-state index is 0.0558. The predicted octanol–water partition coefficient (Wildman–Crippen LogP) is 3.89. The minimum Gasteiger partial charge on any atom is -0.488 e. The van der Waals surface area contributed by atoms with E-state index in [4.69, 9.17) is 9.47 Å². The molecule has 26 heavy (non-hydrogen) atoms. The van der Waals surface area contributed by atoms with Gasteiger partial charge in [-0.25, -0.2) is 0 Å². The topological polar surface area (TPSA) is 38.8 Å². The molecule has 1 saturated heterocycles. The molecule has 1 amide bonds. The molecule has 0 aromatic heterocycles. The lowest BCUT2D eigenvalue weighted by atomic mass is 10.1. The first-order valence-corrected chi connectivity index (χ1v) is 8.88. The van der Waals surface area contributed by atoms with E-state index in [9.17, 15) is 4.79 Å². The molecule has 0 unspecified atom stereocenters. The number of amides is 1. The van der Waals surface area contributed by atoms with Gasteiger partial charge in [0.15, 0.2) is 0 Å². The lowest BCUT2D eigenvalue weighted by Gasteiger charge is -2.27. The Balaban J connectivity index is 1.49. The van der Waals surface area contributed by atoms with Crippen molar-refractivity contribution in [2.75, 3.05) is 26.3 Å². The number of hydrogen-bond donors (Lipinski definition) is 0. The predicted molar refractivity (Wildman–Crippen MR) is 101 cm³/mol. The van der Waals surface area contributed by atoms with Crippen molar-refractivity contribution in [3.8, 4) is 5.75 Å². The Morgan fingerprint density at radius 3 is 2.62 bits per heavy atom. The Kier molecular flexibility index (Phi) is 4.84. The second kappa shape index (κ2) is 7.58. The molecular weight excluding hydrogens is 326 g/mol. The molecule has 1 heterocycles. The summed E-state index contributed by atoms with van der Waals surface area (Å²) in [4.78, 5) is 14.5. The van der Waals surface area contributed by atoms with E-state index in [0.29, 0.717) is 38.5 Å². The maximum absolute atomic E-state index is 12.6. The number of benzene rings is 3. The van der Waals surface area contributed by atoms with Gasteiger partial charge in [0.2, 0.25) is 0 Å². The molecule has 3 aromatic carbocycles. The number of nitrogens with zero attached hydrogens (tertiary/aromatic N) is 1. The molecule has 0 spiro atoms. The van der Waals surface area contributed by atoms with E-state index in [0.717, 1.165) is 22.1 Å². The monoisotopic (exact) mass is 347 g/mol. The van der Waals surface area contributed by atoms with E-state index in [1.807, 2.05) is 53.4 Å². The molecule has 0 atom stereocenters. The lowest BCUT2D eigenvalue weighted by molar-refractivity contribution is 0.0303. The SMILES string of the molecule is O=C(c1cccc(COc2cccc3ccccc23)c1)N1CCOCC1. The van der Waals surface area contributed by atoms with Crippen LogP contribution in [0.15, 0.2) is 66.7 Å². The molecule has 0 saturated carbocycles. The van der Waals surface area contributed by atoms with Crippen LogP contribution in [0.1, 0.15) is 15.9 Å². The van der Waals surface area contributed by atoms with Gasteiger partial charge in [-0.3, -0.25) is 4.79 Å². The third-order valence-electron chi connectivity index (χ3n) is 4.62. The van der Waals surface area contributed by atoms with Crippen LogP contribution in [0.5, 0.6) is 5.75 Å². The highest BCUT2D eigenvalue weighted by atomic mass is 16.5. The van der Waals surface area contributed by atoms with Crippen molar-refractivity contribution < 1.29 is 14.3 Å². The van der Waals surface area contributed by atoms with Gasteiger partial charge in [-0.15, -0.1) is 0 Å². The fourth-order valence-electron chi connectivity index (χ4n) is 3.23. The van der Waals surface area contributed by atoms with Crippen LogP contribution in [-0.2, 0) is 11.3 Å². The van der Waals surface area contributed by atoms with Gasteiger partial charge in [0.1, 0.15) is 12.4 Å². The summed E-state index contributed by atoms with van der Waals surface area (Å²) in [6, 6.07) is 21.9. The summed E-state index contributed by atoms with van der Waals surface area (Å²) in [5, 5.41) is 2.25. The Labute approximate surface area is 153 Å².